The molecular weight excluding hydrogens is 1010 g/mol. The molecule has 3 saturated heterocycles. The van der Waals surface area contributed by atoms with Gasteiger partial charge in [0.1, 0.15) is 66.1 Å². The lowest BCUT2D eigenvalue weighted by molar-refractivity contribution is -0.374. The predicted molar refractivity (Wildman–Crippen MR) is 267 cm³/mol. The molecule has 3 heterocycles. The molecule has 9 rings (SSSR count). The Bertz CT molecular complexity index is 2410. The smallest absolute Gasteiger partial charge is 0.335 e. The van der Waals surface area contributed by atoms with Gasteiger partial charge >= 0.3 is 17.9 Å². The van der Waals surface area contributed by atoms with Gasteiger partial charge in [0.15, 0.2) is 24.8 Å². The van der Waals surface area contributed by atoms with Gasteiger partial charge in [-0.15, -0.1) is 0 Å². The number of phenolic OH excluding ortho intramolecular Hbond substituents is 1. The number of carbonyl (C=O) groups excluding carboxylic acids is 2. The van der Waals surface area contributed by atoms with E-state index in [4.69, 9.17) is 33.2 Å². The number of phenols is 1. The van der Waals surface area contributed by atoms with Gasteiger partial charge in [0.25, 0.3) is 0 Å². The lowest BCUT2D eigenvalue weighted by Gasteiger charge is -2.71. The zero-order chi connectivity index (χ0) is 56.1. The Morgan fingerprint density at radius 3 is 2.09 bits per heavy atom. The number of aliphatic hydroxyl groups is 9. The summed E-state index contributed by atoms with van der Waals surface area (Å²) in [6.45, 7) is 14.1. The molecule has 430 valence electrons. The molecule has 0 radical (unpaired) electrons. The standard InChI is InChI=1S/C56H80O21/c1-51(2)20-21-56(50(70)77-48-44(37(62)30(59)25-71-48)74-36(61)15-10-26-8-11-27(58)12-9-26)29(22-51)28-13-14-33-53(5)18-17-35(52(3,4)32(53)16-19-54(33,6)55(28,7)23-34(56)60)73-49-45(41(66)40(65)43(75-49)46(68)69)76-47-42(67)39(64)38(63)31(24-57)72-47/h8-13,15,29-35,37-45,47-49,57-60,62-67H,14,16-25H2,1-7H3,(H,68,69)/b15-10+/t29-,30+,31+,32-,33+,34+,35-,37-,38-,39-,40-,41-,42+,43-,44+,45+,47+,48+,49-,53-,54+,55+,56+/m0/s1. The zero-order valence-corrected chi connectivity index (χ0v) is 44.8. The molecule has 77 heavy (non-hydrogen) atoms. The molecule has 0 unspecified atom stereocenters. The Morgan fingerprint density at radius 2 is 1.42 bits per heavy atom. The number of aliphatic carboxylic acids is 1. The van der Waals surface area contributed by atoms with Crippen LogP contribution in [-0.4, -0.2) is 186 Å². The minimum absolute atomic E-state index is 0.00419. The molecule has 1 aromatic rings. The van der Waals surface area contributed by atoms with Crippen molar-refractivity contribution < 1.29 is 104 Å². The summed E-state index contributed by atoms with van der Waals surface area (Å²) in [7, 11) is 0. The number of hydrogen-bond donors (Lipinski definition) is 11. The van der Waals surface area contributed by atoms with Gasteiger partial charge in [0.05, 0.1) is 25.4 Å². The number of ether oxygens (including phenoxy) is 7. The number of benzene rings is 1. The van der Waals surface area contributed by atoms with Crippen LogP contribution in [0.5, 0.6) is 5.75 Å². The Labute approximate surface area is 447 Å². The van der Waals surface area contributed by atoms with E-state index in [0.29, 0.717) is 44.1 Å². The molecule has 3 aliphatic heterocycles. The van der Waals surface area contributed by atoms with Crippen molar-refractivity contribution in [3.8, 4) is 5.75 Å². The van der Waals surface area contributed by atoms with Crippen LogP contribution in [-0.2, 0) is 47.5 Å². The Kier molecular flexibility index (Phi) is 15.8. The van der Waals surface area contributed by atoms with Gasteiger partial charge in [-0.05, 0) is 126 Å². The Hall–Kier alpha value is -3.65. The summed E-state index contributed by atoms with van der Waals surface area (Å²) < 4.78 is 41.7. The second-order valence-corrected chi connectivity index (χ2v) is 25.5. The topological polar surface area (TPSA) is 338 Å². The largest absolute Gasteiger partial charge is 0.508 e. The molecule has 0 aromatic heterocycles. The molecule has 0 bridgehead atoms. The first-order valence-corrected chi connectivity index (χ1v) is 27.2. The number of aliphatic hydroxyl groups excluding tert-OH is 9. The summed E-state index contributed by atoms with van der Waals surface area (Å²) in [6.07, 6.45) is -16.3. The predicted octanol–water partition coefficient (Wildman–Crippen LogP) is 1.81. The van der Waals surface area contributed by atoms with E-state index in [1.54, 1.807) is 12.1 Å². The Balaban J connectivity index is 0.965. The van der Waals surface area contributed by atoms with Crippen LogP contribution in [0.2, 0.25) is 0 Å². The van der Waals surface area contributed by atoms with Crippen LogP contribution in [0, 0.1) is 50.2 Å². The van der Waals surface area contributed by atoms with Crippen molar-refractivity contribution in [3.63, 3.8) is 0 Å². The van der Waals surface area contributed by atoms with Crippen LogP contribution in [0.15, 0.2) is 42.0 Å². The highest BCUT2D eigenvalue weighted by Crippen LogP contribution is 2.76. The number of rotatable bonds is 11. The molecule has 0 spiro atoms. The first kappa shape index (κ1) is 58.0. The van der Waals surface area contributed by atoms with Crippen LogP contribution >= 0.6 is 0 Å². The van der Waals surface area contributed by atoms with Gasteiger partial charge in [-0.1, -0.05) is 72.2 Å². The van der Waals surface area contributed by atoms with Gasteiger partial charge in [0.2, 0.25) is 6.29 Å². The van der Waals surface area contributed by atoms with Crippen molar-refractivity contribution in [2.45, 2.75) is 204 Å². The minimum atomic E-state index is -2.01. The highest BCUT2D eigenvalue weighted by molar-refractivity contribution is 5.87. The van der Waals surface area contributed by atoms with E-state index in [1.165, 1.54) is 18.2 Å². The van der Waals surface area contributed by atoms with Gasteiger partial charge in [-0.3, -0.25) is 4.79 Å². The number of hydrogen-bond acceptors (Lipinski definition) is 20. The maximum Gasteiger partial charge on any atom is 0.335 e. The fourth-order valence-corrected chi connectivity index (χ4v) is 15.9. The molecule has 11 N–H and O–H groups in total. The van der Waals surface area contributed by atoms with E-state index in [0.717, 1.165) is 18.1 Å². The van der Waals surface area contributed by atoms with E-state index in [1.807, 2.05) is 0 Å². The monoisotopic (exact) mass is 1090 g/mol. The summed E-state index contributed by atoms with van der Waals surface area (Å²) in [4.78, 5) is 40.7. The number of aromatic hydroxyl groups is 1. The van der Waals surface area contributed by atoms with Gasteiger partial charge in [-0.25, -0.2) is 9.59 Å². The fraction of sp³-hybridized carbons (Fsp3) is 0.768. The van der Waals surface area contributed by atoms with Crippen LogP contribution in [0.1, 0.15) is 112 Å². The summed E-state index contributed by atoms with van der Waals surface area (Å²) in [6, 6.07) is 6.05. The summed E-state index contributed by atoms with van der Waals surface area (Å²) in [5, 5.41) is 118. The van der Waals surface area contributed by atoms with Crippen molar-refractivity contribution in [2.24, 2.45) is 50.2 Å². The van der Waals surface area contributed by atoms with Crippen molar-refractivity contribution in [3.05, 3.63) is 47.6 Å². The average Bonchev–Trinajstić information content (AvgIpc) is 3.45. The van der Waals surface area contributed by atoms with Gasteiger partial charge < -0.3 is 89.3 Å². The Morgan fingerprint density at radius 1 is 0.714 bits per heavy atom. The van der Waals surface area contributed by atoms with E-state index in [9.17, 15) is 65.8 Å². The molecule has 5 aliphatic carbocycles. The maximum absolute atomic E-state index is 15.2. The first-order valence-electron chi connectivity index (χ1n) is 27.2. The third-order valence-corrected chi connectivity index (χ3v) is 20.4. The molecule has 1 aromatic carbocycles. The number of esters is 2. The quantitative estimate of drug-likeness (QED) is 0.0651. The lowest BCUT2D eigenvalue weighted by atomic mass is 9.33. The number of carbonyl (C=O) groups is 3. The second-order valence-electron chi connectivity index (χ2n) is 25.5. The molecule has 4 saturated carbocycles. The highest BCUT2D eigenvalue weighted by atomic mass is 16.8. The fourth-order valence-electron chi connectivity index (χ4n) is 15.9. The normalized spacial score (nSPS) is 47.3. The average molecular weight is 1090 g/mol. The second kappa shape index (κ2) is 21.0. The summed E-state index contributed by atoms with van der Waals surface area (Å²) in [5.41, 5.74) is -2.01. The van der Waals surface area contributed by atoms with Crippen molar-refractivity contribution in [1.29, 1.82) is 0 Å². The van der Waals surface area contributed by atoms with Crippen LogP contribution in [0.3, 0.4) is 0 Å². The summed E-state index contributed by atoms with van der Waals surface area (Å²) >= 11 is 0. The van der Waals surface area contributed by atoms with Crippen LogP contribution in [0.25, 0.3) is 6.08 Å². The zero-order valence-electron chi connectivity index (χ0n) is 44.8. The van der Waals surface area contributed by atoms with E-state index >= 15 is 4.79 Å². The van der Waals surface area contributed by atoms with Crippen LogP contribution < -0.4 is 0 Å². The number of carboxylic acid groups (broad SMARTS) is 1. The molecule has 23 atom stereocenters. The van der Waals surface area contributed by atoms with E-state index < -0.39 is 157 Å². The number of allylic oxidation sites excluding steroid dienone is 2. The van der Waals surface area contributed by atoms with Crippen molar-refractivity contribution >= 4 is 24.0 Å². The molecular formula is C56H80O21. The molecule has 7 fully saturated rings. The molecule has 8 aliphatic rings. The van der Waals surface area contributed by atoms with Gasteiger partial charge in [0, 0.05) is 6.08 Å². The number of fused-ring (bicyclic) bond motifs is 7. The van der Waals surface area contributed by atoms with Gasteiger partial charge in [-0.2, -0.15) is 0 Å². The third kappa shape index (κ3) is 9.78. The molecule has 21 nitrogen and oxygen atoms in total. The molecule has 0 amide bonds. The minimum Gasteiger partial charge on any atom is -0.508 e. The highest BCUT2D eigenvalue weighted by Gasteiger charge is 2.72. The SMILES string of the molecule is CC1(C)CC[C@]2(C(=O)O[C@H]3OC[C@@H](O)[C@H](O)[C@H]3OC(=O)/C=C/c3ccc(O)cc3)[C@H](O)C[C@]3(C)C(=CC[C@@H]4[C@@]5(C)CC[C@H](O[C@H]6O[C@H](C(=O)O)[C@@H](O)[C@H](O)[C@H]6O[C@H]6O[C@H](CO)[C@H](O)[C@H](O)[C@H]6O)C(C)(C)[C@@H]5CC[C@]43C)[C@@H]2C1. The van der Waals surface area contributed by atoms with E-state index in [2.05, 4.69) is 54.5 Å². The first-order chi connectivity index (χ1) is 36.0. The maximum atomic E-state index is 15.2. The third-order valence-electron chi connectivity index (χ3n) is 20.4. The van der Waals surface area contributed by atoms with Crippen LogP contribution in [0.4, 0.5) is 0 Å². The van der Waals surface area contributed by atoms with Crippen molar-refractivity contribution in [1.82, 2.24) is 0 Å². The summed E-state index contributed by atoms with van der Waals surface area (Å²) in [5.74, 6) is -3.60. The van der Waals surface area contributed by atoms with Crippen molar-refractivity contribution in [2.75, 3.05) is 13.2 Å². The lowest BCUT2D eigenvalue weighted by Crippen LogP contribution is -2.68. The number of carboxylic acids is 1. The van der Waals surface area contributed by atoms with E-state index in [-0.39, 0.29) is 41.3 Å². The molecule has 21 heteroatoms.